The zero-order valence-electron chi connectivity index (χ0n) is 16.4. The Morgan fingerprint density at radius 1 is 1.32 bits per heavy atom. The van der Waals surface area contributed by atoms with Crippen molar-refractivity contribution in [3.63, 3.8) is 0 Å². The van der Waals surface area contributed by atoms with Gasteiger partial charge in [0, 0.05) is 17.8 Å². The Balaban J connectivity index is 0.00000280. The van der Waals surface area contributed by atoms with Crippen LogP contribution in [0.2, 0.25) is 0 Å². The zero-order chi connectivity index (χ0) is 19.7. The fourth-order valence-corrected chi connectivity index (χ4v) is 4.34. The minimum absolute atomic E-state index is 0. The van der Waals surface area contributed by atoms with Gasteiger partial charge in [-0.25, -0.2) is 9.78 Å². The number of piperidine rings is 1. The number of thiazole rings is 1. The maximum Gasteiger partial charge on any atom is 0.350 e. The van der Waals surface area contributed by atoms with Crippen LogP contribution in [-0.4, -0.2) is 46.8 Å². The van der Waals surface area contributed by atoms with E-state index in [-0.39, 0.29) is 23.7 Å². The third-order valence-corrected chi connectivity index (χ3v) is 5.68. The van der Waals surface area contributed by atoms with Crippen LogP contribution >= 0.6 is 23.7 Å². The zero-order valence-corrected chi connectivity index (χ0v) is 18.1. The van der Waals surface area contributed by atoms with E-state index in [0.717, 1.165) is 24.4 Å². The van der Waals surface area contributed by atoms with Crippen LogP contribution in [0.3, 0.4) is 0 Å². The summed E-state index contributed by atoms with van der Waals surface area (Å²) in [4.78, 5) is 30.3. The molecule has 2 N–H and O–H groups in total. The number of esters is 1. The van der Waals surface area contributed by atoms with E-state index in [9.17, 15) is 9.59 Å². The summed E-state index contributed by atoms with van der Waals surface area (Å²) in [6, 6.07) is 1.81. The largest absolute Gasteiger partial charge is 0.465 e. The van der Waals surface area contributed by atoms with Crippen LogP contribution in [0.4, 0.5) is 5.13 Å². The summed E-state index contributed by atoms with van der Waals surface area (Å²) in [5.74, 6) is -0.611. The summed E-state index contributed by atoms with van der Waals surface area (Å²) in [5, 5.41) is 10.9. The van der Waals surface area contributed by atoms with E-state index in [1.807, 2.05) is 33.0 Å². The van der Waals surface area contributed by atoms with Gasteiger partial charge in [-0.3, -0.25) is 14.8 Å². The van der Waals surface area contributed by atoms with Crippen molar-refractivity contribution >= 4 is 40.8 Å². The number of carbonyl (C=O) groups is 2. The quantitative estimate of drug-likeness (QED) is 0.727. The number of hydrogen-bond donors (Lipinski definition) is 2. The van der Waals surface area contributed by atoms with Crippen molar-refractivity contribution in [2.45, 2.75) is 44.6 Å². The van der Waals surface area contributed by atoms with Crippen molar-refractivity contribution in [1.82, 2.24) is 20.1 Å². The van der Waals surface area contributed by atoms with E-state index < -0.39 is 11.5 Å². The summed E-state index contributed by atoms with van der Waals surface area (Å²) in [5.41, 5.74) is -0.501. The van der Waals surface area contributed by atoms with Gasteiger partial charge in [0.05, 0.1) is 12.8 Å². The van der Waals surface area contributed by atoms with Crippen LogP contribution in [0.1, 0.15) is 49.0 Å². The highest BCUT2D eigenvalue weighted by Crippen LogP contribution is 2.34. The molecule has 0 aromatic carbocycles. The van der Waals surface area contributed by atoms with Crippen LogP contribution in [0.5, 0.6) is 0 Å². The normalized spacial score (nSPS) is 16.1. The SMILES string of the molecule is COC(=O)c1sc(NC(=O)C2(n3cccn3)CCNCC2)nc1C(C)(C)C.Cl. The molecule has 2 aromatic heterocycles. The van der Waals surface area contributed by atoms with E-state index >= 15 is 0 Å². The number of amides is 1. The minimum Gasteiger partial charge on any atom is -0.465 e. The van der Waals surface area contributed by atoms with Gasteiger partial charge in [-0.1, -0.05) is 32.1 Å². The van der Waals surface area contributed by atoms with Crippen molar-refractivity contribution in [2.24, 2.45) is 0 Å². The minimum atomic E-state index is -0.770. The molecule has 0 saturated carbocycles. The van der Waals surface area contributed by atoms with Gasteiger partial charge < -0.3 is 10.1 Å². The average molecular weight is 428 g/mol. The topological polar surface area (TPSA) is 98.1 Å². The van der Waals surface area contributed by atoms with Crippen molar-refractivity contribution in [2.75, 3.05) is 25.5 Å². The van der Waals surface area contributed by atoms with Crippen LogP contribution in [0, 0.1) is 0 Å². The highest BCUT2D eigenvalue weighted by atomic mass is 35.5. The molecule has 1 saturated heterocycles. The number of nitrogens with zero attached hydrogens (tertiary/aromatic N) is 3. The number of carbonyl (C=O) groups excluding carboxylic acids is 2. The molecule has 3 heterocycles. The van der Waals surface area contributed by atoms with Crippen molar-refractivity contribution in [1.29, 1.82) is 0 Å². The van der Waals surface area contributed by atoms with Crippen molar-refractivity contribution < 1.29 is 14.3 Å². The second-order valence-electron chi connectivity index (χ2n) is 7.62. The first-order valence-corrected chi connectivity index (χ1v) is 9.71. The van der Waals surface area contributed by atoms with Gasteiger partial charge in [0.15, 0.2) is 5.13 Å². The summed E-state index contributed by atoms with van der Waals surface area (Å²) in [6.45, 7) is 7.37. The number of anilines is 1. The predicted octanol–water partition coefficient (Wildman–Crippen LogP) is 2.56. The lowest BCUT2D eigenvalue weighted by Crippen LogP contribution is -2.52. The first-order chi connectivity index (χ1) is 12.8. The Labute approximate surface area is 174 Å². The monoisotopic (exact) mass is 427 g/mol. The second-order valence-corrected chi connectivity index (χ2v) is 8.62. The molecule has 3 rings (SSSR count). The molecule has 1 aliphatic heterocycles. The fraction of sp³-hybridized carbons (Fsp3) is 0.556. The van der Waals surface area contributed by atoms with Gasteiger partial charge >= 0.3 is 5.97 Å². The van der Waals surface area contributed by atoms with Crippen LogP contribution in [0.25, 0.3) is 0 Å². The van der Waals surface area contributed by atoms with E-state index in [0.29, 0.717) is 28.5 Å². The lowest BCUT2D eigenvalue weighted by molar-refractivity contribution is -0.126. The molecule has 0 bridgehead atoms. The van der Waals surface area contributed by atoms with Crippen molar-refractivity contribution in [3.8, 4) is 0 Å². The molecule has 10 heteroatoms. The number of aromatic nitrogens is 3. The lowest BCUT2D eigenvalue weighted by Gasteiger charge is -2.36. The molecule has 28 heavy (non-hydrogen) atoms. The van der Waals surface area contributed by atoms with Gasteiger partial charge in [0.1, 0.15) is 10.4 Å². The number of ether oxygens (including phenoxy) is 1. The van der Waals surface area contributed by atoms with Gasteiger partial charge in [-0.15, -0.1) is 12.4 Å². The predicted molar refractivity (Wildman–Crippen MR) is 110 cm³/mol. The van der Waals surface area contributed by atoms with E-state index in [1.165, 1.54) is 7.11 Å². The molecule has 1 fully saturated rings. The number of nitrogens with one attached hydrogen (secondary N) is 2. The molecular formula is C18H26ClN5O3S. The summed E-state index contributed by atoms with van der Waals surface area (Å²) < 4.78 is 6.61. The molecule has 0 radical (unpaired) electrons. The van der Waals surface area contributed by atoms with Gasteiger partial charge in [0.2, 0.25) is 0 Å². The summed E-state index contributed by atoms with van der Waals surface area (Å²) in [6.07, 6.45) is 4.74. The van der Waals surface area contributed by atoms with Crippen molar-refractivity contribution in [3.05, 3.63) is 29.0 Å². The number of hydrogen-bond acceptors (Lipinski definition) is 7. The third-order valence-electron chi connectivity index (χ3n) is 4.73. The Morgan fingerprint density at radius 2 is 2.00 bits per heavy atom. The molecular weight excluding hydrogens is 402 g/mol. The Kier molecular flexibility index (Phi) is 6.84. The lowest BCUT2D eigenvalue weighted by atomic mass is 9.87. The molecule has 0 aliphatic carbocycles. The summed E-state index contributed by atoms with van der Waals surface area (Å²) >= 11 is 1.14. The van der Waals surface area contributed by atoms with Gasteiger partial charge in [-0.2, -0.15) is 5.10 Å². The molecule has 1 amide bonds. The molecule has 0 unspecified atom stereocenters. The fourth-order valence-electron chi connectivity index (χ4n) is 3.25. The first-order valence-electron chi connectivity index (χ1n) is 8.90. The van der Waals surface area contributed by atoms with Gasteiger partial charge in [-0.05, 0) is 32.0 Å². The Hall–Kier alpha value is -1.97. The first kappa shape index (κ1) is 22.3. The Bertz CT molecular complexity index is 823. The molecule has 1 aliphatic rings. The highest BCUT2D eigenvalue weighted by molar-refractivity contribution is 7.17. The number of halogens is 1. The molecule has 154 valence electrons. The number of rotatable bonds is 4. The second kappa shape index (κ2) is 8.59. The van der Waals surface area contributed by atoms with E-state index in [1.54, 1.807) is 10.9 Å². The average Bonchev–Trinajstić information content (AvgIpc) is 3.31. The molecule has 8 nitrogen and oxygen atoms in total. The number of methoxy groups -OCH3 is 1. The van der Waals surface area contributed by atoms with E-state index in [2.05, 4.69) is 20.7 Å². The standard InChI is InChI=1S/C18H25N5O3S.ClH/c1-17(2,3)13-12(14(24)26-4)27-16(21-13)22-15(25)18(6-9-19-10-7-18)23-11-5-8-20-23;/h5,8,11,19H,6-7,9-10H2,1-4H3,(H,21,22,25);1H. The van der Waals surface area contributed by atoms with Crippen LogP contribution < -0.4 is 10.6 Å². The molecule has 2 aromatic rings. The maximum atomic E-state index is 13.2. The van der Waals surface area contributed by atoms with Crippen LogP contribution in [0.15, 0.2) is 18.5 Å². The third kappa shape index (κ3) is 4.21. The van der Waals surface area contributed by atoms with E-state index in [4.69, 9.17) is 4.74 Å². The maximum absolute atomic E-state index is 13.2. The molecule has 0 atom stereocenters. The Morgan fingerprint density at radius 3 is 2.54 bits per heavy atom. The molecule has 0 spiro atoms. The smallest absolute Gasteiger partial charge is 0.350 e. The highest BCUT2D eigenvalue weighted by Gasteiger charge is 2.42. The summed E-state index contributed by atoms with van der Waals surface area (Å²) in [7, 11) is 1.34. The van der Waals surface area contributed by atoms with Gasteiger partial charge in [0.25, 0.3) is 5.91 Å². The van der Waals surface area contributed by atoms with Crippen LogP contribution in [-0.2, 0) is 20.5 Å².